The summed E-state index contributed by atoms with van der Waals surface area (Å²) in [6, 6.07) is 2.13. The van der Waals surface area contributed by atoms with Crippen LogP contribution in [0.5, 0.6) is 0 Å². The van der Waals surface area contributed by atoms with E-state index in [4.69, 9.17) is 5.11 Å². The van der Waals surface area contributed by atoms with Crippen molar-refractivity contribution in [2.24, 2.45) is 0 Å². The number of benzene rings is 1. The normalized spacial score (nSPS) is 20.2. The van der Waals surface area contributed by atoms with E-state index in [9.17, 15) is 13.6 Å². The number of aromatic carboxylic acids is 1. The molecule has 2 N–H and O–H groups in total. The average molecular weight is 241 g/mol. The summed E-state index contributed by atoms with van der Waals surface area (Å²) in [4.78, 5) is 10.6. The molecule has 5 heteroatoms. The number of carboxylic acids is 1. The maximum atomic E-state index is 13.5. The molecule has 0 amide bonds. The SMILES string of the molecule is O=C(O)c1c(F)cc(C2CCCCN2)cc1F. The molecule has 2 rings (SSSR count). The summed E-state index contributed by atoms with van der Waals surface area (Å²) in [7, 11) is 0. The van der Waals surface area contributed by atoms with Crippen LogP contribution in [0.4, 0.5) is 8.78 Å². The van der Waals surface area contributed by atoms with Crippen LogP contribution < -0.4 is 5.32 Å². The molecule has 0 aromatic heterocycles. The Kier molecular flexibility index (Phi) is 3.38. The van der Waals surface area contributed by atoms with Gasteiger partial charge in [0.1, 0.15) is 17.2 Å². The first kappa shape index (κ1) is 12.0. The molecule has 1 heterocycles. The van der Waals surface area contributed by atoms with Gasteiger partial charge < -0.3 is 10.4 Å². The van der Waals surface area contributed by atoms with Crippen molar-refractivity contribution in [2.75, 3.05) is 6.54 Å². The van der Waals surface area contributed by atoms with E-state index < -0.39 is 23.2 Å². The average Bonchev–Trinajstić information content (AvgIpc) is 2.28. The molecule has 0 aliphatic carbocycles. The molecule has 1 unspecified atom stereocenters. The van der Waals surface area contributed by atoms with Gasteiger partial charge in [0.2, 0.25) is 0 Å². The van der Waals surface area contributed by atoms with Crippen molar-refractivity contribution >= 4 is 5.97 Å². The molecule has 3 nitrogen and oxygen atoms in total. The molecule has 0 radical (unpaired) electrons. The van der Waals surface area contributed by atoms with E-state index in [1.807, 2.05) is 0 Å². The molecule has 1 aliphatic heterocycles. The van der Waals surface area contributed by atoms with Crippen LogP contribution in [0.3, 0.4) is 0 Å². The van der Waals surface area contributed by atoms with Crippen molar-refractivity contribution in [3.8, 4) is 0 Å². The maximum absolute atomic E-state index is 13.5. The molecule has 0 bridgehead atoms. The fourth-order valence-corrected chi connectivity index (χ4v) is 2.13. The Morgan fingerprint density at radius 1 is 1.29 bits per heavy atom. The Balaban J connectivity index is 2.34. The highest BCUT2D eigenvalue weighted by molar-refractivity contribution is 5.88. The molecule has 17 heavy (non-hydrogen) atoms. The fourth-order valence-electron chi connectivity index (χ4n) is 2.13. The molecular formula is C12H13F2NO2. The number of hydrogen-bond acceptors (Lipinski definition) is 2. The molecule has 1 aliphatic rings. The molecule has 1 fully saturated rings. The monoisotopic (exact) mass is 241 g/mol. The van der Waals surface area contributed by atoms with Gasteiger partial charge in [0.05, 0.1) is 0 Å². The summed E-state index contributed by atoms with van der Waals surface area (Å²) >= 11 is 0. The zero-order chi connectivity index (χ0) is 12.4. The number of carbonyl (C=O) groups is 1. The van der Waals surface area contributed by atoms with Crippen LogP contribution in [-0.4, -0.2) is 17.6 Å². The second kappa shape index (κ2) is 4.79. The highest BCUT2D eigenvalue weighted by Crippen LogP contribution is 2.26. The standard InChI is InChI=1S/C12H13F2NO2/c13-8-5-7(10-3-1-2-4-15-10)6-9(14)11(8)12(16)17/h5-6,10,15H,1-4H2,(H,16,17). The number of rotatable bonds is 2. The smallest absolute Gasteiger partial charge is 0.341 e. The predicted molar refractivity (Wildman–Crippen MR) is 57.9 cm³/mol. The molecule has 1 atom stereocenters. The van der Waals surface area contributed by atoms with Crippen LogP contribution >= 0.6 is 0 Å². The second-order valence-corrected chi connectivity index (χ2v) is 4.17. The summed E-state index contributed by atoms with van der Waals surface area (Å²) in [5, 5.41) is 11.8. The lowest BCUT2D eigenvalue weighted by Gasteiger charge is -2.24. The first-order valence-corrected chi connectivity index (χ1v) is 5.55. The summed E-state index contributed by atoms with van der Waals surface area (Å²) in [6.45, 7) is 0.814. The molecule has 92 valence electrons. The summed E-state index contributed by atoms with van der Waals surface area (Å²) < 4.78 is 26.9. The molecule has 1 saturated heterocycles. The van der Waals surface area contributed by atoms with Gasteiger partial charge in [-0.25, -0.2) is 13.6 Å². The van der Waals surface area contributed by atoms with Crippen molar-refractivity contribution < 1.29 is 18.7 Å². The Bertz CT molecular complexity index is 419. The van der Waals surface area contributed by atoms with E-state index in [-0.39, 0.29) is 6.04 Å². The second-order valence-electron chi connectivity index (χ2n) is 4.17. The van der Waals surface area contributed by atoms with Crippen LogP contribution in [0.2, 0.25) is 0 Å². The van der Waals surface area contributed by atoms with Crippen molar-refractivity contribution in [3.05, 3.63) is 34.9 Å². The summed E-state index contributed by atoms with van der Waals surface area (Å²) in [5.41, 5.74) is -0.408. The van der Waals surface area contributed by atoms with Gasteiger partial charge in [0.25, 0.3) is 0 Å². The lowest BCUT2D eigenvalue weighted by Crippen LogP contribution is -2.27. The van der Waals surface area contributed by atoms with E-state index >= 15 is 0 Å². The van der Waals surface area contributed by atoms with Crippen LogP contribution in [0, 0.1) is 11.6 Å². The van der Waals surface area contributed by atoms with Gasteiger partial charge in [-0.3, -0.25) is 0 Å². The quantitative estimate of drug-likeness (QED) is 0.836. The van der Waals surface area contributed by atoms with E-state index in [0.29, 0.717) is 5.56 Å². The minimum atomic E-state index is -1.58. The van der Waals surface area contributed by atoms with E-state index in [1.54, 1.807) is 0 Å². The van der Waals surface area contributed by atoms with Gasteiger partial charge in [-0.2, -0.15) is 0 Å². The van der Waals surface area contributed by atoms with E-state index in [0.717, 1.165) is 37.9 Å². The van der Waals surface area contributed by atoms with Crippen molar-refractivity contribution in [2.45, 2.75) is 25.3 Å². The largest absolute Gasteiger partial charge is 0.477 e. The van der Waals surface area contributed by atoms with Gasteiger partial charge in [0.15, 0.2) is 0 Å². The lowest BCUT2D eigenvalue weighted by atomic mass is 9.96. The highest BCUT2D eigenvalue weighted by atomic mass is 19.1. The minimum absolute atomic E-state index is 0.0874. The number of halogens is 2. The van der Waals surface area contributed by atoms with E-state index in [1.165, 1.54) is 0 Å². The Morgan fingerprint density at radius 3 is 2.41 bits per heavy atom. The Morgan fingerprint density at radius 2 is 1.94 bits per heavy atom. The minimum Gasteiger partial charge on any atom is -0.477 e. The highest BCUT2D eigenvalue weighted by Gasteiger charge is 2.22. The zero-order valence-corrected chi connectivity index (χ0v) is 9.17. The maximum Gasteiger partial charge on any atom is 0.341 e. The van der Waals surface area contributed by atoms with Crippen LogP contribution in [0.1, 0.15) is 41.2 Å². The predicted octanol–water partition coefficient (Wildman–Crippen LogP) is 2.48. The Labute approximate surface area is 97.5 Å². The first-order valence-electron chi connectivity index (χ1n) is 5.55. The van der Waals surface area contributed by atoms with Crippen molar-refractivity contribution in [1.29, 1.82) is 0 Å². The van der Waals surface area contributed by atoms with Gasteiger partial charge in [-0.05, 0) is 37.1 Å². The summed E-state index contributed by atoms with van der Waals surface area (Å²) in [6.07, 6.45) is 2.86. The molecule has 1 aromatic rings. The third-order valence-corrected chi connectivity index (χ3v) is 2.99. The molecule has 1 aromatic carbocycles. The van der Waals surface area contributed by atoms with Gasteiger partial charge in [0, 0.05) is 6.04 Å². The van der Waals surface area contributed by atoms with Gasteiger partial charge in [-0.15, -0.1) is 0 Å². The number of carboxylic acid groups (broad SMARTS) is 1. The third-order valence-electron chi connectivity index (χ3n) is 2.99. The third kappa shape index (κ3) is 2.44. The van der Waals surface area contributed by atoms with Gasteiger partial charge in [-0.1, -0.05) is 6.42 Å². The van der Waals surface area contributed by atoms with E-state index in [2.05, 4.69) is 5.32 Å². The lowest BCUT2D eigenvalue weighted by molar-refractivity contribution is 0.0686. The molecular weight excluding hydrogens is 228 g/mol. The van der Waals surface area contributed by atoms with Crippen LogP contribution in [0.25, 0.3) is 0 Å². The number of hydrogen-bond donors (Lipinski definition) is 2. The zero-order valence-electron chi connectivity index (χ0n) is 9.17. The molecule has 0 spiro atoms. The van der Waals surface area contributed by atoms with Crippen molar-refractivity contribution in [3.63, 3.8) is 0 Å². The van der Waals surface area contributed by atoms with Gasteiger partial charge >= 0.3 is 5.97 Å². The van der Waals surface area contributed by atoms with Crippen LogP contribution in [-0.2, 0) is 0 Å². The summed E-state index contributed by atoms with van der Waals surface area (Å²) in [5.74, 6) is -3.61. The fraction of sp³-hybridized carbons (Fsp3) is 0.417. The first-order chi connectivity index (χ1) is 8.09. The topological polar surface area (TPSA) is 49.3 Å². The Hall–Kier alpha value is -1.49. The van der Waals surface area contributed by atoms with Crippen LogP contribution in [0.15, 0.2) is 12.1 Å². The van der Waals surface area contributed by atoms with Crippen molar-refractivity contribution in [1.82, 2.24) is 5.32 Å². The number of nitrogens with one attached hydrogen (secondary N) is 1. The molecule has 0 saturated carbocycles. The number of piperidine rings is 1.